The summed E-state index contributed by atoms with van der Waals surface area (Å²) in [6, 6.07) is 25.1. The van der Waals surface area contributed by atoms with E-state index in [2.05, 4.69) is 43.0 Å². The summed E-state index contributed by atoms with van der Waals surface area (Å²) in [5.74, 6) is 1.29. The second kappa shape index (κ2) is 10.4. The smallest absolute Gasteiger partial charge is 0.298 e. The fourth-order valence-electron chi connectivity index (χ4n) is 3.38. The van der Waals surface area contributed by atoms with E-state index in [0.717, 1.165) is 17.0 Å². The van der Waals surface area contributed by atoms with Crippen molar-refractivity contribution in [2.24, 2.45) is 10.9 Å². The van der Waals surface area contributed by atoms with Gasteiger partial charge in [0.15, 0.2) is 0 Å². The molecule has 0 spiro atoms. The third-order valence-corrected chi connectivity index (χ3v) is 4.89. The number of benzene rings is 3. The van der Waals surface area contributed by atoms with Gasteiger partial charge in [0.2, 0.25) is 0 Å². The SMILES string of the molecule is COc1ccc(N=C(C(C)C)N(Cc2ccccc2)Cc2ccccc2)c([N+](=O)[O-])c1. The topological polar surface area (TPSA) is 68.0 Å². The van der Waals surface area contributed by atoms with Crippen LogP contribution in [-0.2, 0) is 13.1 Å². The maximum Gasteiger partial charge on any atom is 0.298 e. The number of rotatable bonds is 8. The summed E-state index contributed by atoms with van der Waals surface area (Å²) < 4.78 is 5.15. The van der Waals surface area contributed by atoms with E-state index in [4.69, 9.17) is 9.73 Å². The van der Waals surface area contributed by atoms with Crippen molar-refractivity contribution >= 4 is 17.2 Å². The Kier molecular flexibility index (Phi) is 7.38. The number of methoxy groups -OCH3 is 1. The molecule has 0 amide bonds. The minimum absolute atomic E-state index is 0.0640. The van der Waals surface area contributed by atoms with Gasteiger partial charge in [-0.15, -0.1) is 0 Å². The zero-order valence-corrected chi connectivity index (χ0v) is 18.1. The second-order valence-corrected chi connectivity index (χ2v) is 7.56. The van der Waals surface area contributed by atoms with E-state index in [1.165, 1.54) is 13.2 Å². The van der Waals surface area contributed by atoms with E-state index in [1.54, 1.807) is 12.1 Å². The van der Waals surface area contributed by atoms with Crippen LogP contribution in [-0.4, -0.2) is 22.8 Å². The molecule has 3 aromatic rings. The van der Waals surface area contributed by atoms with Crippen molar-refractivity contribution in [3.63, 3.8) is 0 Å². The largest absolute Gasteiger partial charge is 0.496 e. The van der Waals surface area contributed by atoms with Crippen LogP contribution in [0.5, 0.6) is 5.75 Å². The maximum absolute atomic E-state index is 11.7. The summed E-state index contributed by atoms with van der Waals surface area (Å²) in [4.78, 5) is 18.2. The fraction of sp³-hybridized carbons (Fsp3) is 0.240. The monoisotopic (exact) mass is 417 g/mol. The summed E-state index contributed by atoms with van der Waals surface area (Å²) >= 11 is 0. The third-order valence-electron chi connectivity index (χ3n) is 4.89. The molecule has 0 aliphatic heterocycles. The van der Waals surface area contributed by atoms with Crippen molar-refractivity contribution in [1.82, 2.24) is 4.90 Å². The molecular formula is C25H27N3O3. The normalized spacial score (nSPS) is 11.4. The fourth-order valence-corrected chi connectivity index (χ4v) is 3.38. The van der Waals surface area contributed by atoms with Crippen LogP contribution < -0.4 is 4.74 Å². The highest BCUT2D eigenvalue weighted by molar-refractivity contribution is 5.88. The van der Waals surface area contributed by atoms with Crippen LogP contribution in [0.1, 0.15) is 25.0 Å². The molecule has 6 nitrogen and oxygen atoms in total. The lowest BCUT2D eigenvalue weighted by Gasteiger charge is -2.29. The van der Waals surface area contributed by atoms with Crippen LogP contribution in [0.2, 0.25) is 0 Å². The molecule has 0 saturated carbocycles. The van der Waals surface area contributed by atoms with Crippen LogP contribution in [0, 0.1) is 16.0 Å². The molecule has 3 rings (SSSR count). The van der Waals surface area contributed by atoms with Crippen LogP contribution in [0.25, 0.3) is 0 Å². The average Bonchev–Trinajstić information content (AvgIpc) is 2.78. The summed E-state index contributed by atoms with van der Waals surface area (Å²) in [6.07, 6.45) is 0. The molecule has 160 valence electrons. The summed E-state index contributed by atoms with van der Waals surface area (Å²) in [7, 11) is 1.49. The van der Waals surface area contributed by atoms with Crippen LogP contribution in [0.3, 0.4) is 0 Å². The number of nitro benzene ring substituents is 1. The lowest BCUT2D eigenvalue weighted by Crippen LogP contribution is -2.33. The predicted molar refractivity (Wildman–Crippen MR) is 124 cm³/mol. The molecule has 0 unspecified atom stereocenters. The quantitative estimate of drug-likeness (QED) is 0.195. The molecule has 0 bridgehead atoms. The summed E-state index contributed by atoms with van der Waals surface area (Å²) in [5, 5.41) is 11.7. The Morgan fingerprint density at radius 2 is 1.52 bits per heavy atom. The van der Waals surface area contributed by atoms with E-state index in [0.29, 0.717) is 24.5 Å². The number of ether oxygens (including phenoxy) is 1. The van der Waals surface area contributed by atoms with Gasteiger partial charge in [-0.3, -0.25) is 10.1 Å². The molecule has 0 aliphatic carbocycles. The molecule has 0 radical (unpaired) electrons. The molecule has 0 atom stereocenters. The second-order valence-electron chi connectivity index (χ2n) is 7.56. The Morgan fingerprint density at radius 1 is 0.968 bits per heavy atom. The lowest BCUT2D eigenvalue weighted by atomic mass is 10.1. The first-order valence-electron chi connectivity index (χ1n) is 10.2. The number of nitrogens with zero attached hydrogens (tertiary/aromatic N) is 3. The van der Waals surface area contributed by atoms with Gasteiger partial charge in [-0.05, 0) is 23.3 Å². The van der Waals surface area contributed by atoms with Crippen molar-refractivity contribution in [2.75, 3.05) is 7.11 Å². The van der Waals surface area contributed by atoms with E-state index >= 15 is 0 Å². The van der Waals surface area contributed by atoms with Gasteiger partial charge in [-0.25, -0.2) is 4.99 Å². The van der Waals surface area contributed by atoms with Crippen LogP contribution >= 0.6 is 0 Å². The molecule has 31 heavy (non-hydrogen) atoms. The number of nitro groups is 1. The van der Waals surface area contributed by atoms with E-state index in [-0.39, 0.29) is 11.6 Å². The van der Waals surface area contributed by atoms with Gasteiger partial charge >= 0.3 is 0 Å². The van der Waals surface area contributed by atoms with Crippen molar-refractivity contribution in [2.45, 2.75) is 26.9 Å². The highest BCUT2D eigenvalue weighted by atomic mass is 16.6. The van der Waals surface area contributed by atoms with Crippen molar-refractivity contribution < 1.29 is 9.66 Å². The molecule has 0 aromatic heterocycles. The Morgan fingerprint density at radius 3 is 1.97 bits per heavy atom. The summed E-state index contributed by atoms with van der Waals surface area (Å²) in [5.41, 5.74) is 2.55. The molecule has 0 aliphatic rings. The maximum atomic E-state index is 11.7. The Bertz CT molecular complexity index is 993. The van der Waals surface area contributed by atoms with Crippen molar-refractivity contribution in [1.29, 1.82) is 0 Å². The van der Waals surface area contributed by atoms with E-state index in [1.807, 2.05) is 36.4 Å². The number of hydrogen-bond donors (Lipinski definition) is 0. The zero-order chi connectivity index (χ0) is 22.2. The highest BCUT2D eigenvalue weighted by Gasteiger charge is 2.20. The first kappa shape index (κ1) is 22.0. The Hall–Kier alpha value is -3.67. The summed E-state index contributed by atoms with van der Waals surface area (Å²) in [6.45, 7) is 5.40. The highest BCUT2D eigenvalue weighted by Crippen LogP contribution is 2.32. The minimum atomic E-state index is -0.419. The van der Waals surface area contributed by atoms with E-state index < -0.39 is 4.92 Å². The van der Waals surface area contributed by atoms with Gasteiger partial charge in [-0.1, -0.05) is 74.5 Å². The van der Waals surface area contributed by atoms with Gasteiger partial charge in [0.25, 0.3) is 5.69 Å². The van der Waals surface area contributed by atoms with Gasteiger partial charge < -0.3 is 9.64 Å². The standard InChI is InChI=1S/C25H27N3O3/c1-19(2)25(26-23-15-14-22(31-3)16-24(23)28(29)30)27(17-20-10-6-4-7-11-20)18-21-12-8-5-9-13-21/h4-16,19H,17-18H2,1-3H3. The van der Waals surface area contributed by atoms with Gasteiger partial charge in [-0.2, -0.15) is 0 Å². The molecule has 0 heterocycles. The Balaban J connectivity index is 2.05. The molecule has 0 saturated heterocycles. The van der Waals surface area contributed by atoms with Crippen molar-refractivity contribution in [3.05, 3.63) is 100 Å². The number of aliphatic imine (C=N–C) groups is 1. The molecule has 3 aromatic carbocycles. The van der Waals surface area contributed by atoms with Gasteiger partial charge in [0, 0.05) is 19.0 Å². The first-order valence-corrected chi connectivity index (χ1v) is 10.2. The van der Waals surface area contributed by atoms with Crippen LogP contribution in [0.15, 0.2) is 83.9 Å². The number of hydrogen-bond acceptors (Lipinski definition) is 4. The van der Waals surface area contributed by atoms with Gasteiger partial charge in [0.05, 0.1) is 18.1 Å². The van der Waals surface area contributed by atoms with Crippen LogP contribution in [0.4, 0.5) is 11.4 Å². The third kappa shape index (κ3) is 5.92. The van der Waals surface area contributed by atoms with Crippen molar-refractivity contribution in [3.8, 4) is 5.75 Å². The molecule has 6 heteroatoms. The number of amidine groups is 1. The minimum Gasteiger partial charge on any atom is -0.496 e. The predicted octanol–water partition coefficient (Wildman–Crippen LogP) is 5.99. The van der Waals surface area contributed by atoms with E-state index in [9.17, 15) is 10.1 Å². The molecule has 0 N–H and O–H groups in total. The Labute approximate surface area is 183 Å². The lowest BCUT2D eigenvalue weighted by molar-refractivity contribution is -0.384. The first-order chi connectivity index (χ1) is 15.0. The van der Waals surface area contributed by atoms with Gasteiger partial charge in [0.1, 0.15) is 17.3 Å². The zero-order valence-electron chi connectivity index (χ0n) is 18.1. The average molecular weight is 418 g/mol. The molecular weight excluding hydrogens is 390 g/mol. The molecule has 0 fully saturated rings.